The molecule has 20 heavy (non-hydrogen) atoms. The number of nitrogens with zero attached hydrogens (tertiary/aromatic N) is 2. The van der Waals surface area contributed by atoms with Crippen LogP contribution in [0.3, 0.4) is 0 Å². The molecule has 2 N–H and O–H groups in total. The number of hydrogen-bond donors (Lipinski definition) is 2. The van der Waals surface area contributed by atoms with Crippen LogP contribution in [0.1, 0.15) is 25.3 Å². The van der Waals surface area contributed by atoms with Crippen molar-refractivity contribution in [3.63, 3.8) is 0 Å². The molecule has 1 aromatic rings. The van der Waals surface area contributed by atoms with Gasteiger partial charge in [-0.15, -0.1) is 24.0 Å². The average molecular weight is 407 g/mol. The van der Waals surface area contributed by atoms with Gasteiger partial charge in [0.15, 0.2) is 5.96 Å². The third-order valence-electron chi connectivity index (χ3n) is 2.90. The van der Waals surface area contributed by atoms with Crippen LogP contribution < -0.4 is 10.6 Å². The van der Waals surface area contributed by atoms with E-state index in [4.69, 9.17) is 11.6 Å². The maximum atomic E-state index is 5.76. The largest absolute Gasteiger partial charge is 0.357 e. The Morgan fingerprint density at radius 1 is 1.40 bits per heavy atom. The number of halogens is 2. The maximum absolute atomic E-state index is 5.76. The van der Waals surface area contributed by atoms with Crippen molar-refractivity contribution in [1.29, 1.82) is 0 Å². The molecule has 0 fully saturated rings. The minimum atomic E-state index is 0. The SMILES string of the molecule is CCNC(=NCc1ccc(Cl)nc1)NC1CC=CC1.I. The van der Waals surface area contributed by atoms with Gasteiger partial charge in [0.2, 0.25) is 0 Å². The number of rotatable bonds is 4. The number of aliphatic imine (C=N–C) groups is 1. The van der Waals surface area contributed by atoms with Gasteiger partial charge in [-0.25, -0.2) is 9.98 Å². The van der Waals surface area contributed by atoms with Gasteiger partial charge in [0.05, 0.1) is 6.54 Å². The second-order valence-corrected chi connectivity index (χ2v) is 4.86. The summed E-state index contributed by atoms with van der Waals surface area (Å²) in [6, 6.07) is 4.19. The van der Waals surface area contributed by atoms with Gasteiger partial charge in [0.25, 0.3) is 0 Å². The van der Waals surface area contributed by atoms with E-state index in [-0.39, 0.29) is 24.0 Å². The first-order valence-corrected chi connectivity index (χ1v) is 6.96. The van der Waals surface area contributed by atoms with E-state index in [9.17, 15) is 0 Å². The summed E-state index contributed by atoms with van der Waals surface area (Å²) in [5.74, 6) is 0.853. The Morgan fingerprint density at radius 3 is 2.75 bits per heavy atom. The zero-order valence-corrected chi connectivity index (χ0v) is 14.6. The number of nitrogens with one attached hydrogen (secondary N) is 2. The normalized spacial score (nSPS) is 15.0. The molecule has 0 bridgehead atoms. The van der Waals surface area contributed by atoms with E-state index in [0.717, 1.165) is 30.9 Å². The molecule has 1 aliphatic rings. The molecule has 0 spiro atoms. The summed E-state index contributed by atoms with van der Waals surface area (Å²) >= 11 is 5.76. The summed E-state index contributed by atoms with van der Waals surface area (Å²) < 4.78 is 0. The van der Waals surface area contributed by atoms with Gasteiger partial charge >= 0.3 is 0 Å². The molecule has 2 rings (SSSR count). The highest BCUT2D eigenvalue weighted by Gasteiger charge is 2.11. The molecule has 6 heteroatoms. The van der Waals surface area contributed by atoms with Crippen molar-refractivity contribution in [1.82, 2.24) is 15.6 Å². The second kappa shape index (κ2) is 9.18. The number of guanidine groups is 1. The summed E-state index contributed by atoms with van der Waals surface area (Å²) in [4.78, 5) is 8.61. The van der Waals surface area contributed by atoms with Crippen LogP contribution in [-0.4, -0.2) is 23.5 Å². The number of aromatic nitrogens is 1. The summed E-state index contributed by atoms with van der Waals surface area (Å²) in [5.41, 5.74) is 1.05. The second-order valence-electron chi connectivity index (χ2n) is 4.47. The molecular formula is C14H20ClIN4. The molecule has 0 saturated carbocycles. The highest BCUT2D eigenvalue weighted by atomic mass is 127. The predicted molar refractivity (Wildman–Crippen MR) is 94.8 cm³/mol. The van der Waals surface area contributed by atoms with Gasteiger partial charge in [0.1, 0.15) is 5.15 Å². The molecule has 0 aliphatic heterocycles. The third kappa shape index (κ3) is 5.66. The minimum absolute atomic E-state index is 0. The molecule has 110 valence electrons. The minimum Gasteiger partial charge on any atom is -0.357 e. The fourth-order valence-corrected chi connectivity index (χ4v) is 2.03. The van der Waals surface area contributed by atoms with Crippen LogP contribution in [0.25, 0.3) is 0 Å². The van der Waals surface area contributed by atoms with Crippen LogP contribution in [-0.2, 0) is 6.54 Å². The van der Waals surface area contributed by atoms with Crippen molar-refractivity contribution in [2.24, 2.45) is 4.99 Å². The Kier molecular flexibility index (Phi) is 7.91. The lowest BCUT2D eigenvalue weighted by molar-refractivity contribution is 0.633. The zero-order valence-electron chi connectivity index (χ0n) is 11.5. The van der Waals surface area contributed by atoms with E-state index in [1.807, 2.05) is 6.07 Å². The van der Waals surface area contributed by atoms with E-state index < -0.39 is 0 Å². The summed E-state index contributed by atoms with van der Waals surface area (Å²) in [6.07, 6.45) is 8.28. The van der Waals surface area contributed by atoms with Crippen molar-refractivity contribution < 1.29 is 0 Å². The quantitative estimate of drug-likeness (QED) is 0.266. The van der Waals surface area contributed by atoms with Crippen LogP contribution in [0.5, 0.6) is 0 Å². The summed E-state index contributed by atoms with van der Waals surface area (Å²) in [5, 5.41) is 7.19. The Morgan fingerprint density at radius 2 is 2.15 bits per heavy atom. The molecule has 1 aliphatic carbocycles. The lowest BCUT2D eigenvalue weighted by Crippen LogP contribution is -2.42. The Hall–Kier alpha value is -0.820. The van der Waals surface area contributed by atoms with Crippen LogP contribution in [0, 0.1) is 0 Å². The average Bonchev–Trinajstić information content (AvgIpc) is 2.91. The molecule has 0 saturated heterocycles. The topological polar surface area (TPSA) is 49.3 Å². The zero-order chi connectivity index (χ0) is 13.5. The Bertz CT molecular complexity index is 451. The standard InChI is InChI=1S/C14H19ClN4.HI/c1-2-16-14(19-12-5-3-4-6-12)18-10-11-7-8-13(15)17-9-11;/h3-4,7-9,12H,2,5-6,10H2,1H3,(H2,16,18,19);1H. The van der Waals surface area contributed by atoms with Crippen molar-refractivity contribution in [3.8, 4) is 0 Å². The fraction of sp³-hybridized carbons (Fsp3) is 0.429. The summed E-state index contributed by atoms with van der Waals surface area (Å²) in [6.45, 7) is 3.51. The molecule has 0 amide bonds. The van der Waals surface area contributed by atoms with E-state index in [0.29, 0.717) is 17.7 Å². The summed E-state index contributed by atoms with van der Waals surface area (Å²) in [7, 11) is 0. The predicted octanol–water partition coefficient (Wildman–Crippen LogP) is 3.13. The molecule has 1 aromatic heterocycles. The van der Waals surface area contributed by atoms with Crippen LogP contribution >= 0.6 is 35.6 Å². The van der Waals surface area contributed by atoms with Gasteiger partial charge in [-0.2, -0.15) is 0 Å². The smallest absolute Gasteiger partial charge is 0.191 e. The molecule has 0 unspecified atom stereocenters. The fourth-order valence-electron chi connectivity index (χ4n) is 1.92. The third-order valence-corrected chi connectivity index (χ3v) is 3.12. The van der Waals surface area contributed by atoms with Gasteiger partial charge in [-0.3, -0.25) is 0 Å². The van der Waals surface area contributed by atoms with Crippen LogP contribution in [0.2, 0.25) is 5.15 Å². The highest BCUT2D eigenvalue weighted by molar-refractivity contribution is 14.0. The molecule has 0 aromatic carbocycles. The van der Waals surface area contributed by atoms with Crippen molar-refractivity contribution in [3.05, 3.63) is 41.2 Å². The highest BCUT2D eigenvalue weighted by Crippen LogP contribution is 2.09. The Balaban J connectivity index is 0.00000200. The van der Waals surface area contributed by atoms with Gasteiger partial charge in [-0.1, -0.05) is 29.8 Å². The van der Waals surface area contributed by atoms with Gasteiger partial charge < -0.3 is 10.6 Å². The first-order chi connectivity index (χ1) is 9.28. The molecule has 4 nitrogen and oxygen atoms in total. The lowest BCUT2D eigenvalue weighted by Gasteiger charge is -2.16. The van der Waals surface area contributed by atoms with E-state index in [2.05, 4.69) is 39.7 Å². The van der Waals surface area contributed by atoms with E-state index in [1.165, 1.54) is 0 Å². The van der Waals surface area contributed by atoms with E-state index in [1.54, 1.807) is 12.3 Å². The lowest BCUT2D eigenvalue weighted by atomic mass is 10.2. The molecule has 1 heterocycles. The number of pyridine rings is 1. The van der Waals surface area contributed by atoms with Gasteiger partial charge in [0, 0.05) is 18.8 Å². The molecule has 0 atom stereocenters. The first-order valence-electron chi connectivity index (χ1n) is 6.58. The Labute approximate surface area is 142 Å². The molecule has 0 radical (unpaired) electrons. The first kappa shape index (κ1) is 17.2. The monoisotopic (exact) mass is 406 g/mol. The van der Waals surface area contributed by atoms with Crippen molar-refractivity contribution in [2.75, 3.05) is 6.54 Å². The van der Waals surface area contributed by atoms with Crippen molar-refractivity contribution in [2.45, 2.75) is 32.4 Å². The van der Waals surface area contributed by atoms with Crippen LogP contribution in [0.15, 0.2) is 35.5 Å². The maximum Gasteiger partial charge on any atom is 0.191 e. The van der Waals surface area contributed by atoms with Gasteiger partial charge in [-0.05, 0) is 31.4 Å². The molecular weight excluding hydrogens is 387 g/mol. The van der Waals surface area contributed by atoms with Crippen LogP contribution in [0.4, 0.5) is 0 Å². The van der Waals surface area contributed by atoms with E-state index >= 15 is 0 Å². The van der Waals surface area contributed by atoms with Crippen molar-refractivity contribution >= 4 is 41.5 Å². The number of hydrogen-bond acceptors (Lipinski definition) is 2.